The second kappa shape index (κ2) is 6.75. The van der Waals surface area contributed by atoms with Gasteiger partial charge in [0.2, 0.25) is 0 Å². The Balaban J connectivity index is 1.93. The smallest absolute Gasteiger partial charge is 0.335 e. The van der Waals surface area contributed by atoms with Crippen LogP contribution < -0.4 is 5.32 Å². The van der Waals surface area contributed by atoms with Crippen LogP contribution in [0.15, 0.2) is 18.2 Å². The summed E-state index contributed by atoms with van der Waals surface area (Å²) >= 11 is 0. The van der Waals surface area contributed by atoms with E-state index >= 15 is 0 Å². The van der Waals surface area contributed by atoms with Crippen molar-refractivity contribution in [1.29, 1.82) is 0 Å². The number of likely N-dealkylation sites (tertiary alicyclic amines) is 1. The second-order valence-corrected chi connectivity index (χ2v) is 5.74. The molecule has 1 aromatic carbocycles. The molecule has 1 fully saturated rings. The number of benzene rings is 1. The molecule has 0 spiro atoms. The molecule has 1 aliphatic heterocycles. The van der Waals surface area contributed by atoms with Crippen LogP contribution in [0.25, 0.3) is 0 Å². The van der Waals surface area contributed by atoms with Crippen LogP contribution in [-0.4, -0.2) is 41.7 Å². The van der Waals surface area contributed by atoms with Gasteiger partial charge in [0.25, 0.3) is 0 Å². The first-order chi connectivity index (χ1) is 9.56. The first-order valence-corrected chi connectivity index (χ1v) is 7.39. The largest absolute Gasteiger partial charge is 0.478 e. The molecule has 0 aromatic heterocycles. The van der Waals surface area contributed by atoms with Crippen molar-refractivity contribution in [3.63, 3.8) is 0 Å². The number of carboxylic acids is 1. The summed E-state index contributed by atoms with van der Waals surface area (Å²) in [5.41, 5.74) is 2.35. The van der Waals surface area contributed by atoms with Crippen molar-refractivity contribution in [2.75, 3.05) is 25.0 Å². The molecule has 1 unspecified atom stereocenters. The van der Waals surface area contributed by atoms with Crippen LogP contribution in [0.2, 0.25) is 0 Å². The van der Waals surface area contributed by atoms with Gasteiger partial charge in [0.1, 0.15) is 0 Å². The Hall–Kier alpha value is -1.55. The topological polar surface area (TPSA) is 52.6 Å². The van der Waals surface area contributed by atoms with Crippen LogP contribution >= 0.6 is 0 Å². The van der Waals surface area contributed by atoms with E-state index in [1.807, 2.05) is 13.0 Å². The molecule has 2 N–H and O–H groups in total. The van der Waals surface area contributed by atoms with Gasteiger partial charge in [-0.25, -0.2) is 4.79 Å². The van der Waals surface area contributed by atoms with Gasteiger partial charge in [-0.2, -0.15) is 0 Å². The third-order valence-corrected chi connectivity index (χ3v) is 3.86. The van der Waals surface area contributed by atoms with E-state index < -0.39 is 5.97 Å². The Kier molecular flexibility index (Phi) is 5.01. The number of nitrogens with zero attached hydrogens (tertiary/aromatic N) is 1. The first kappa shape index (κ1) is 14.9. The number of rotatable bonds is 5. The van der Waals surface area contributed by atoms with E-state index in [1.165, 1.54) is 32.4 Å². The van der Waals surface area contributed by atoms with Gasteiger partial charge in [-0.05, 0) is 63.5 Å². The van der Waals surface area contributed by atoms with Crippen LogP contribution in [0.1, 0.15) is 42.1 Å². The zero-order chi connectivity index (χ0) is 14.5. The van der Waals surface area contributed by atoms with Crippen molar-refractivity contribution < 1.29 is 9.90 Å². The predicted octanol–water partition coefficient (Wildman–Crippen LogP) is 2.98. The molecule has 20 heavy (non-hydrogen) atoms. The molecule has 0 saturated carbocycles. The molecule has 1 aromatic rings. The van der Waals surface area contributed by atoms with Gasteiger partial charge >= 0.3 is 5.97 Å². The summed E-state index contributed by atoms with van der Waals surface area (Å²) in [5.74, 6) is -0.874. The number of hydrogen-bond donors (Lipinski definition) is 2. The van der Waals surface area contributed by atoms with E-state index in [0.717, 1.165) is 17.8 Å². The highest BCUT2D eigenvalue weighted by atomic mass is 16.4. The van der Waals surface area contributed by atoms with E-state index in [0.29, 0.717) is 11.6 Å². The number of aromatic carboxylic acids is 1. The van der Waals surface area contributed by atoms with Gasteiger partial charge in [0.15, 0.2) is 0 Å². The molecule has 1 heterocycles. The minimum atomic E-state index is -0.874. The summed E-state index contributed by atoms with van der Waals surface area (Å²) in [6, 6.07) is 5.61. The fourth-order valence-electron chi connectivity index (χ4n) is 2.80. The Morgan fingerprint density at radius 2 is 2.05 bits per heavy atom. The summed E-state index contributed by atoms with van der Waals surface area (Å²) < 4.78 is 0. The molecule has 0 amide bonds. The van der Waals surface area contributed by atoms with E-state index in [4.69, 9.17) is 5.11 Å². The van der Waals surface area contributed by atoms with Crippen molar-refractivity contribution in [3.05, 3.63) is 29.3 Å². The number of nitrogens with one attached hydrogen (secondary N) is 1. The molecular weight excluding hydrogens is 252 g/mol. The van der Waals surface area contributed by atoms with Crippen molar-refractivity contribution in [2.24, 2.45) is 0 Å². The van der Waals surface area contributed by atoms with Gasteiger partial charge in [0.05, 0.1) is 5.56 Å². The molecule has 110 valence electrons. The Labute approximate surface area is 120 Å². The summed E-state index contributed by atoms with van der Waals surface area (Å²) in [5, 5.41) is 12.5. The predicted molar refractivity (Wildman–Crippen MR) is 81.5 cm³/mol. The van der Waals surface area contributed by atoms with Crippen molar-refractivity contribution in [2.45, 2.75) is 39.2 Å². The highest BCUT2D eigenvalue weighted by Crippen LogP contribution is 2.18. The van der Waals surface area contributed by atoms with Gasteiger partial charge < -0.3 is 15.3 Å². The highest BCUT2D eigenvalue weighted by Gasteiger charge is 2.14. The maximum atomic E-state index is 10.9. The first-order valence-electron chi connectivity index (χ1n) is 7.39. The average molecular weight is 276 g/mol. The molecular formula is C16H24N2O2. The highest BCUT2D eigenvalue weighted by molar-refractivity contribution is 5.88. The second-order valence-electron chi connectivity index (χ2n) is 5.74. The Morgan fingerprint density at radius 3 is 2.65 bits per heavy atom. The lowest BCUT2D eigenvalue weighted by atomic mass is 10.1. The van der Waals surface area contributed by atoms with E-state index in [1.54, 1.807) is 12.1 Å². The summed E-state index contributed by atoms with van der Waals surface area (Å²) in [6.07, 6.45) is 3.96. The van der Waals surface area contributed by atoms with Gasteiger partial charge in [-0.15, -0.1) is 0 Å². The summed E-state index contributed by atoms with van der Waals surface area (Å²) in [4.78, 5) is 13.4. The fourth-order valence-corrected chi connectivity index (χ4v) is 2.80. The maximum absolute atomic E-state index is 10.9. The molecule has 4 heteroatoms. The van der Waals surface area contributed by atoms with Gasteiger partial charge in [-0.1, -0.05) is 6.42 Å². The third-order valence-electron chi connectivity index (χ3n) is 3.86. The Morgan fingerprint density at radius 1 is 1.35 bits per heavy atom. The standard InChI is InChI=1S/C16H24N2O2/c1-12-10-14(16(19)20)6-7-15(12)17-13(2)11-18-8-4-3-5-9-18/h6-7,10,13,17H,3-5,8-9,11H2,1-2H3,(H,19,20). The van der Waals surface area contributed by atoms with Crippen LogP contribution in [-0.2, 0) is 0 Å². The maximum Gasteiger partial charge on any atom is 0.335 e. The van der Waals surface area contributed by atoms with Gasteiger partial charge in [0, 0.05) is 18.3 Å². The number of carboxylic acid groups (broad SMARTS) is 1. The molecule has 0 bridgehead atoms. The lowest BCUT2D eigenvalue weighted by Crippen LogP contribution is -2.38. The zero-order valence-corrected chi connectivity index (χ0v) is 12.4. The van der Waals surface area contributed by atoms with Crippen molar-refractivity contribution >= 4 is 11.7 Å². The molecule has 1 aliphatic rings. The minimum Gasteiger partial charge on any atom is -0.478 e. The van der Waals surface area contributed by atoms with E-state index in [-0.39, 0.29) is 0 Å². The van der Waals surface area contributed by atoms with Gasteiger partial charge in [-0.3, -0.25) is 0 Å². The van der Waals surface area contributed by atoms with Crippen molar-refractivity contribution in [1.82, 2.24) is 4.90 Å². The lowest BCUT2D eigenvalue weighted by Gasteiger charge is -2.30. The number of carbonyl (C=O) groups is 1. The Bertz CT molecular complexity index is 468. The summed E-state index contributed by atoms with van der Waals surface area (Å²) in [7, 11) is 0. The third kappa shape index (κ3) is 3.97. The van der Waals surface area contributed by atoms with Crippen LogP contribution in [0.3, 0.4) is 0 Å². The van der Waals surface area contributed by atoms with Crippen LogP contribution in [0.5, 0.6) is 0 Å². The molecule has 1 atom stereocenters. The molecule has 1 saturated heterocycles. The molecule has 4 nitrogen and oxygen atoms in total. The normalized spacial score (nSPS) is 17.7. The molecule has 0 radical (unpaired) electrons. The SMILES string of the molecule is Cc1cc(C(=O)O)ccc1NC(C)CN1CCCCC1. The molecule has 0 aliphatic carbocycles. The molecule has 2 rings (SSSR count). The zero-order valence-electron chi connectivity index (χ0n) is 12.4. The quantitative estimate of drug-likeness (QED) is 0.868. The summed E-state index contributed by atoms with van der Waals surface area (Å²) in [6.45, 7) is 7.56. The minimum absolute atomic E-state index is 0.344. The number of anilines is 1. The van der Waals surface area contributed by atoms with Crippen molar-refractivity contribution in [3.8, 4) is 0 Å². The fraction of sp³-hybridized carbons (Fsp3) is 0.562. The van der Waals surface area contributed by atoms with E-state index in [2.05, 4.69) is 17.1 Å². The lowest BCUT2D eigenvalue weighted by molar-refractivity contribution is 0.0697. The monoisotopic (exact) mass is 276 g/mol. The average Bonchev–Trinajstić information content (AvgIpc) is 2.42. The number of aryl methyl sites for hydroxylation is 1. The number of hydrogen-bond acceptors (Lipinski definition) is 3. The van der Waals surface area contributed by atoms with Crippen LogP contribution in [0, 0.1) is 6.92 Å². The van der Waals surface area contributed by atoms with E-state index in [9.17, 15) is 4.79 Å². The number of piperidine rings is 1. The van der Waals surface area contributed by atoms with Crippen LogP contribution in [0.4, 0.5) is 5.69 Å².